The first kappa shape index (κ1) is 29.0. The number of benzene rings is 2. The number of ether oxygens (including phenoxy) is 2. The summed E-state index contributed by atoms with van der Waals surface area (Å²) in [5, 5.41) is 54.2. The van der Waals surface area contributed by atoms with Crippen molar-refractivity contribution in [2.75, 3.05) is 32.9 Å². The number of carbonyl (C=O) groups is 2. The van der Waals surface area contributed by atoms with Gasteiger partial charge in [0.25, 0.3) is 0 Å². The zero-order valence-corrected chi connectivity index (χ0v) is 19.7. The zero-order valence-electron chi connectivity index (χ0n) is 19.7. The first-order valence-electron chi connectivity index (χ1n) is 11.5. The Labute approximate surface area is 208 Å². The van der Waals surface area contributed by atoms with Crippen molar-refractivity contribution in [2.24, 2.45) is 0 Å². The van der Waals surface area contributed by atoms with Gasteiger partial charge in [-0.2, -0.15) is 0 Å². The van der Waals surface area contributed by atoms with Crippen molar-refractivity contribution in [1.29, 1.82) is 0 Å². The first-order chi connectivity index (χ1) is 17.2. The highest BCUT2D eigenvalue weighted by Crippen LogP contribution is 2.34. The summed E-state index contributed by atoms with van der Waals surface area (Å²) in [5.41, 5.74) is 2.49. The lowest BCUT2D eigenvalue weighted by molar-refractivity contribution is -0.165. The molecule has 0 bridgehead atoms. The van der Waals surface area contributed by atoms with E-state index in [9.17, 15) is 14.7 Å². The minimum atomic E-state index is -2.27. The van der Waals surface area contributed by atoms with Crippen LogP contribution in [-0.2, 0) is 16.0 Å². The summed E-state index contributed by atoms with van der Waals surface area (Å²) in [4.78, 5) is 19.5. The normalized spacial score (nSPS) is 16.8. The molecule has 0 radical (unpaired) electrons. The molecular formula is C25H33NO10. The van der Waals surface area contributed by atoms with Crippen molar-refractivity contribution >= 4 is 11.9 Å². The van der Waals surface area contributed by atoms with Crippen molar-refractivity contribution in [3.05, 3.63) is 59.7 Å². The molecule has 2 aromatic rings. The van der Waals surface area contributed by atoms with Crippen LogP contribution >= 0.6 is 0 Å². The number of aliphatic hydroxyl groups is 4. The highest BCUT2D eigenvalue weighted by Gasteiger charge is 2.29. The van der Waals surface area contributed by atoms with Crippen LogP contribution in [-0.4, -0.2) is 93.8 Å². The third-order valence-electron chi connectivity index (χ3n) is 5.41. The van der Waals surface area contributed by atoms with Crippen LogP contribution in [0, 0.1) is 0 Å². The molecule has 36 heavy (non-hydrogen) atoms. The highest BCUT2D eigenvalue weighted by molar-refractivity contribution is 5.83. The molecule has 11 heteroatoms. The molecular weight excluding hydrogens is 474 g/mol. The fraction of sp³-hybridized carbons (Fsp3) is 0.440. The Kier molecular flexibility index (Phi) is 12.1. The van der Waals surface area contributed by atoms with Gasteiger partial charge in [-0.25, -0.2) is 9.59 Å². The van der Waals surface area contributed by atoms with E-state index in [4.69, 9.17) is 35.0 Å². The van der Waals surface area contributed by atoms with Gasteiger partial charge in [-0.1, -0.05) is 36.4 Å². The summed E-state index contributed by atoms with van der Waals surface area (Å²) in [6.07, 6.45) is -3.53. The van der Waals surface area contributed by atoms with Crippen LogP contribution in [0.1, 0.15) is 23.5 Å². The molecule has 2 aromatic carbocycles. The molecule has 0 spiro atoms. The number of nitrogens with one attached hydrogen (secondary N) is 1. The van der Waals surface area contributed by atoms with Crippen molar-refractivity contribution in [1.82, 2.24) is 5.32 Å². The van der Waals surface area contributed by atoms with Crippen molar-refractivity contribution < 1.29 is 49.7 Å². The van der Waals surface area contributed by atoms with E-state index in [1.54, 1.807) is 0 Å². The Morgan fingerprint density at radius 2 is 1.67 bits per heavy atom. The molecule has 11 nitrogen and oxygen atoms in total. The molecule has 0 saturated carbocycles. The largest absolute Gasteiger partial charge is 0.493 e. The molecule has 1 aliphatic heterocycles. The van der Waals surface area contributed by atoms with E-state index in [1.165, 1.54) is 11.1 Å². The summed E-state index contributed by atoms with van der Waals surface area (Å²) in [5.74, 6) is -1.58. The third-order valence-corrected chi connectivity index (χ3v) is 5.41. The second-order valence-corrected chi connectivity index (χ2v) is 8.19. The standard InChI is InChI=1S/C21H27NO4.C4H6O6/c23-11-10-22-9-8-19(24)15-25-20-7-6-17-12-18(14-26-21(17)13-20)16-4-2-1-3-5-16;5-1(3(7)8)2(6)4(9)10/h1-7,13,18-19,22-24H,8-12,14-15H2;1-2,5-6H,(H,7,8)(H,9,10). The van der Waals surface area contributed by atoms with Crippen LogP contribution in [0.5, 0.6) is 11.5 Å². The lowest BCUT2D eigenvalue weighted by Gasteiger charge is -2.26. The van der Waals surface area contributed by atoms with E-state index in [2.05, 4.69) is 35.6 Å². The summed E-state index contributed by atoms with van der Waals surface area (Å²) >= 11 is 0. The maximum atomic E-state index is 9.95. The predicted molar refractivity (Wildman–Crippen MR) is 128 cm³/mol. The third kappa shape index (κ3) is 9.44. The number of carboxylic acid groups (broad SMARTS) is 2. The van der Waals surface area contributed by atoms with Crippen LogP contribution in [0.15, 0.2) is 48.5 Å². The smallest absolute Gasteiger partial charge is 0.335 e. The minimum absolute atomic E-state index is 0.104. The zero-order chi connectivity index (χ0) is 26.5. The molecule has 4 atom stereocenters. The highest BCUT2D eigenvalue weighted by atomic mass is 16.5. The average molecular weight is 508 g/mol. The second-order valence-electron chi connectivity index (χ2n) is 8.19. The van der Waals surface area contributed by atoms with Crippen LogP contribution in [0.25, 0.3) is 0 Å². The number of hydrogen-bond donors (Lipinski definition) is 7. The lowest BCUT2D eigenvalue weighted by Crippen LogP contribution is -2.39. The number of carboxylic acids is 2. The Balaban J connectivity index is 0.000000388. The summed E-state index contributed by atoms with van der Waals surface area (Å²) < 4.78 is 11.6. The van der Waals surface area contributed by atoms with E-state index in [-0.39, 0.29) is 13.2 Å². The molecule has 0 fully saturated rings. The maximum Gasteiger partial charge on any atom is 0.335 e. The lowest BCUT2D eigenvalue weighted by atomic mass is 9.90. The Bertz CT molecular complexity index is 937. The maximum absolute atomic E-state index is 9.95. The van der Waals surface area contributed by atoms with Gasteiger partial charge in [-0.05, 0) is 36.6 Å². The van der Waals surface area contributed by atoms with Gasteiger partial charge in [-0.15, -0.1) is 0 Å². The van der Waals surface area contributed by atoms with E-state index >= 15 is 0 Å². The van der Waals surface area contributed by atoms with Gasteiger partial charge in [0.1, 0.15) is 18.1 Å². The number of rotatable bonds is 12. The first-order valence-corrected chi connectivity index (χ1v) is 11.5. The fourth-order valence-electron chi connectivity index (χ4n) is 3.40. The molecule has 1 heterocycles. The summed E-state index contributed by atoms with van der Waals surface area (Å²) in [7, 11) is 0. The van der Waals surface area contributed by atoms with Crippen molar-refractivity contribution in [3.8, 4) is 11.5 Å². The molecule has 0 aliphatic carbocycles. The summed E-state index contributed by atoms with van der Waals surface area (Å²) in [6.45, 7) is 2.21. The SMILES string of the molecule is O=C(O)C(O)C(O)C(=O)O.OCCNCCC(O)COc1ccc2c(c1)OCC(c1ccccc1)C2. The quantitative estimate of drug-likeness (QED) is 0.192. The predicted octanol–water partition coefficient (Wildman–Crippen LogP) is -0.00560. The van der Waals surface area contributed by atoms with Crippen LogP contribution in [0.3, 0.4) is 0 Å². The van der Waals surface area contributed by atoms with Crippen LogP contribution in [0.4, 0.5) is 0 Å². The van der Waals surface area contributed by atoms with Gasteiger partial charge in [-0.3, -0.25) is 0 Å². The van der Waals surface area contributed by atoms with E-state index in [0.29, 0.717) is 37.8 Å². The molecule has 1 aliphatic rings. The second kappa shape index (κ2) is 15.0. The number of hydrogen-bond acceptors (Lipinski definition) is 9. The molecule has 7 N–H and O–H groups in total. The van der Waals surface area contributed by atoms with Gasteiger partial charge in [0.2, 0.25) is 0 Å². The monoisotopic (exact) mass is 507 g/mol. The van der Waals surface area contributed by atoms with E-state index < -0.39 is 30.3 Å². The van der Waals surface area contributed by atoms with E-state index in [1.807, 2.05) is 18.2 Å². The van der Waals surface area contributed by atoms with Gasteiger partial charge < -0.3 is 45.4 Å². The molecule has 3 rings (SSSR count). The Morgan fingerprint density at radius 3 is 2.28 bits per heavy atom. The average Bonchev–Trinajstić information content (AvgIpc) is 2.89. The fourth-order valence-corrected chi connectivity index (χ4v) is 3.40. The van der Waals surface area contributed by atoms with Crippen molar-refractivity contribution in [3.63, 3.8) is 0 Å². The number of aliphatic carboxylic acids is 2. The topological polar surface area (TPSA) is 186 Å². The van der Waals surface area contributed by atoms with Gasteiger partial charge in [0.05, 0.1) is 19.3 Å². The minimum Gasteiger partial charge on any atom is -0.493 e. The summed E-state index contributed by atoms with van der Waals surface area (Å²) in [6, 6.07) is 16.3. The molecule has 0 saturated heterocycles. The Morgan fingerprint density at radius 1 is 1.00 bits per heavy atom. The van der Waals surface area contributed by atoms with Crippen LogP contribution < -0.4 is 14.8 Å². The van der Waals surface area contributed by atoms with Gasteiger partial charge in [0, 0.05) is 18.5 Å². The molecule has 0 amide bonds. The molecule has 0 aromatic heterocycles. The van der Waals surface area contributed by atoms with Gasteiger partial charge in [0.15, 0.2) is 12.2 Å². The molecule has 198 valence electrons. The molecule has 4 unspecified atom stereocenters. The number of fused-ring (bicyclic) bond motifs is 1. The Hall–Kier alpha value is -3.22. The van der Waals surface area contributed by atoms with Crippen molar-refractivity contribution in [2.45, 2.75) is 37.1 Å². The van der Waals surface area contributed by atoms with Crippen LogP contribution in [0.2, 0.25) is 0 Å². The number of aliphatic hydroxyl groups excluding tert-OH is 4. The van der Waals surface area contributed by atoms with Gasteiger partial charge >= 0.3 is 11.9 Å². The van der Waals surface area contributed by atoms with E-state index in [0.717, 1.165) is 12.2 Å².